The molecule has 0 aliphatic carbocycles. The van der Waals surface area contributed by atoms with Crippen LogP contribution in [0.15, 0.2) is 0 Å². The van der Waals surface area contributed by atoms with Crippen LogP contribution in [0.3, 0.4) is 0 Å². The Hall–Kier alpha value is -0.610. The Morgan fingerprint density at radius 2 is 1.78 bits per heavy atom. The van der Waals surface area contributed by atoms with E-state index in [4.69, 9.17) is 10.5 Å². The Labute approximate surface area is 112 Å². The average molecular weight is 258 g/mol. The van der Waals surface area contributed by atoms with E-state index < -0.39 is 0 Å². The molecule has 0 fully saturated rings. The Balaban J connectivity index is 3.30. The molecule has 18 heavy (non-hydrogen) atoms. The van der Waals surface area contributed by atoms with Crippen molar-refractivity contribution in [2.75, 3.05) is 19.8 Å². The minimum Gasteiger partial charge on any atom is -0.381 e. The van der Waals surface area contributed by atoms with E-state index in [2.05, 4.69) is 12.2 Å². The molecule has 108 valence electrons. The first-order chi connectivity index (χ1) is 8.72. The summed E-state index contributed by atoms with van der Waals surface area (Å²) in [4.78, 5) is 11.1. The molecule has 0 aromatic rings. The predicted molar refractivity (Wildman–Crippen MR) is 75.5 cm³/mol. The van der Waals surface area contributed by atoms with Gasteiger partial charge in [0.25, 0.3) is 0 Å². The lowest BCUT2D eigenvalue weighted by atomic mass is 10.1. The smallest absolute Gasteiger partial charge is 0.234 e. The maximum atomic E-state index is 11.1. The molecule has 0 spiro atoms. The lowest BCUT2D eigenvalue weighted by Gasteiger charge is -2.13. The summed E-state index contributed by atoms with van der Waals surface area (Å²) >= 11 is 0. The first-order valence-electron chi connectivity index (χ1n) is 7.32. The summed E-state index contributed by atoms with van der Waals surface area (Å²) in [7, 11) is 0. The SMILES string of the molecule is CCCCCCCCOCCC(NCC)C(N)=O. The number of hydrogen-bond donors (Lipinski definition) is 2. The molecule has 0 aromatic carbocycles. The van der Waals surface area contributed by atoms with E-state index in [0.29, 0.717) is 13.0 Å². The monoisotopic (exact) mass is 258 g/mol. The van der Waals surface area contributed by atoms with Crippen molar-refractivity contribution in [3.63, 3.8) is 0 Å². The standard InChI is InChI=1S/C14H30N2O2/c1-3-5-6-7-8-9-11-18-12-10-13(14(15)17)16-4-2/h13,16H,3-12H2,1-2H3,(H2,15,17). The molecular formula is C14H30N2O2. The van der Waals surface area contributed by atoms with E-state index in [9.17, 15) is 4.79 Å². The van der Waals surface area contributed by atoms with Crippen LogP contribution in [0.1, 0.15) is 58.8 Å². The van der Waals surface area contributed by atoms with Gasteiger partial charge in [-0.25, -0.2) is 0 Å². The van der Waals surface area contributed by atoms with Gasteiger partial charge in [0.2, 0.25) is 5.91 Å². The molecule has 0 aliphatic heterocycles. The Bertz CT molecular complexity index is 198. The third-order valence-corrected chi connectivity index (χ3v) is 2.99. The summed E-state index contributed by atoms with van der Waals surface area (Å²) in [6.07, 6.45) is 8.29. The lowest BCUT2D eigenvalue weighted by Crippen LogP contribution is -2.41. The van der Waals surface area contributed by atoms with Gasteiger partial charge >= 0.3 is 0 Å². The summed E-state index contributed by atoms with van der Waals surface area (Å²) in [5, 5.41) is 3.05. The second-order valence-corrected chi connectivity index (χ2v) is 4.68. The van der Waals surface area contributed by atoms with Crippen LogP contribution in [0.2, 0.25) is 0 Å². The molecule has 1 atom stereocenters. The topological polar surface area (TPSA) is 64.3 Å². The van der Waals surface area contributed by atoms with Gasteiger partial charge in [-0.3, -0.25) is 4.79 Å². The van der Waals surface area contributed by atoms with Gasteiger partial charge in [0.1, 0.15) is 0 Å². The zero-order valence-electron chi connectivity index (χ0n) is 12.0. The summed E-state index contributed by atoms with van der Waals surface area (Å²) in [6.45, 7) is 6.35. The van der Waals surface area contributed by atoms with Gasteiger partial charge in [-0.2, -0.15) is 0 Å². The molecular weight excluding hydrogens is 228 g/mol. The molecule has 0 saturated carbocycles. The van der Waals surface area contributed by atoms with Gasteiger partial charge in [-0.15, -0.1) is 0 Å². The van der Waals surface area contributed by atoms with Crippen molar-refractivity contribution in [3.8, 4) is 0 Å². The van der Waals surface area contributed by atoms with Crippen molar-refractivity contribution in [1.29, 1.82) is 0 Å². The third kappa shape index (κ3) is 10.5. The Morgan fingerprint density at radius 3 is 2.39 bits per heavy atom. The molecule has 0 radical (unpaired) electrons. The van der Waals surface area contributed by atoms with Crippen molar-refractivity contribution in [2.45, 2.75) is 64.8 Å². The Morgan fingerprint density at radius 1 is 1.11 bits per heavy atom. The Kier molecular flexibility index (Phi) is 12.4. The van der Waals surface area contributed by atoms with Crippen molar-refractivity contribution in [1.82, 2.24) is 5.32 Å². The zero-order valence-corrected chi connectivity index (χ0v) is 12.0. The van der Waals surface area contributed by atoms with E-state index in [1.165, 1.54) is 32.1 Å². The van der Waals surface area contributed by atoms with Crippen LogP contribution >= 0.6 is 0 Å². The molecule has 0 aliphatic rings. The fraction of sp³-hybridized carbons (Fsp3) is 0.929. The quantitative estimate of drug-likeness (QED) is 0.498. The van der Waals surface area contributed by atoms with E-state index >= 15 is 0 Å². The van der Waals surface area contributed by atoms with Crippen molar-refractivity contribution in [3.05, 3.63) is 0 Å². The first-order valence-corrected chi connectivity index (χ1v) is 7.32. The molecule has 3 N–H and O–H groups in total. The molecule has 0 heterocycles. The summed E-state index contributed by atoms with van der Waals surface area (Å²) in [5.74, 6) is -0.292. The maximum Gasteiger partial charge on any atom is 0.234 e. The molecule has 0 saturated heterocycles. The predicted octanol–water partition coefficient (Wildman–Crippen LogP) is 2.22. The highest BCUT2D eigenvalue weighted by atomic mass is 16.5. The number of carbonyl (C=O) groups is 1. The van der Waals surface area contributed by atoms with Crippen LogP contribution in [0.4, 0.5) is 0 Å². The fourth-order valence-corrected chi connectivity index (χ4v) is 1.88. The number of carbonyl (C=O) groups excluding carboxylic acids is 1. The number of rotatable bonds is 13. The van der Waals surface area contributed by atoms with Crippen LogP contribution in [0, 0.1) is 0 Å². The number of unbranched alkanes of at least 4 members (excludes halogenated alkanes) is 5. The van der Waals surface area contributed by atoms with Crippen LogP contribution in [0.5, 0.6) is 0 Å². The van der Waals surface area contributed by atoms with Gasteiger partial charge in [-0.05, 0) is 19.4 Å². The molecule has 0 bridgehead atoms. The number of nitrogens with two attached hydrogens (primary N) is 1. The van der Waals surface area contributed by atoms with Crippen LogP contribution in [-0.2, 0) is 9.53 Å². The number of hydrogen-bond acceptors (Lipinski definition) is 3. The van der Waals surface area contributed by atoms with E-state index in [1.807, 2.05) is 6.92 Å². The third-order valence-electron chi connectivity index (χ3n) is 2.99. The minimum atomic E-state index is -0.292. The molecule has 4 heteroatoms. The molecule has 1 amide bonds. The van der Waals surface area contributed by atoms with Crippen LogP contribution < -0.4 is 11.1 Å². The fourth-order valence-electron chi connectivity index (χ4n) is 1.88. The van der Waals surface area contributed by atoms with Crippen molar-refractivity contribution < 1.29 is 9.53 Å². The minimum absolute atomic E-state index is 0.250. The van der Waals surface area contributed by atoms with Gasteiger partial charge in [0.15, 0.2) is 0 Å². The molecule has 1 unspecified atom stereocenters. The normalized spacial score (nSPS) is 12.6. The van der Waals surface area contributed by atoms with E-state index in [1.54, 1.807) is 0 Å². The average Bonchev–Trinajstić information content (AvgIpc) is 2.35. The van der Waals surface area contributed by atoms with Gasteiger partial charge < -0.3 is 15.8 Å². The largest absolute Gasteiger partial charge is 0.381 e. The number of likely N-dealkylation sites (N-methyl/N-ethyl adjacent to an activating group) is 1. The highest BCUT2D eigenvalue weighted by Gasteiger charge is 2.12. The molecule has 0 rings (SSSR count). The van der Waals surface area contributed by atoms with E-state index in [0.717, 1.165) is 19.6 Å². The highest BCUT2D eigenvalue weighted by Crippen LogP contribution is 2.05. The van der Waals surface area contributed by atoms with Crippen LogP contribution in [0.25, 0.3) is 0 Å². The van der Waals surface area contributed by atoms with Crippen molar-refractivity contribution >= 4 is 5.91 Å². The maximum absolute atomic E-state index is 11.1. The lowest BCUT2D eigenvalue weighted by molar-refractivity contribution is -0.120. The van der Waals surface area contributed by atoms with E-state index in [-0.39, 0.29) is 11.9 Å². The van der Waals surface area contributed by atoms with Crippen LogP contribution in [-0.4, -0.2) is 31.7 Å². The summed E-state index contributed by atoms with van der Waals surface area (Å²) < 4.78 is 5.52. The first kappa shape index (κ1) is 17.4. The molecule has 4 nitrogen and oxygen atoms in total. The molecule has 0 aromatic heterocycles. The number of ether oxygens (including phenoxy) is 1. The summed E-state index contributed by atoms with van der Waals surface area (Å²) in [6, 6.07) is -0.250. The van der Waals surface area contributed by atoms with Gasteiger partial charge in [0, 0.05) is 13.2 Å². The number of primary amides is 1. The highest BCUT2D eigenvalue weighted by molar-refractivity contribution is 5.79. The van der Waals surface area contributed by atoms with Gasteiger partial charge in [-0.1, -0.05) is 46.0 Å². The second kappa shape index (κ2) is 12.8. The van der Waals surface area contributed by atoms with Gasteiger partial charge in [0.05, 0.1) is 6.04 Å². The number of amides is 1. The van der Waals surface area contributed by atoms with Crippen molar-refractivity contribution in [2.24, 2.45) is 5.73 Å². The second-order valence-electron chi connectivity index (χ2n) is 4.68. The summed E-state index contributed by atoms with van der Waals surface area (Å²) in [5.41, 5.74) is 5.27. The zero-order chi connectivity index (χ0) is 13.6. The number of nitrogens with one attached hydrogen (secondary N) is 1.